The zero-order valence-electron chi connectivity index (χ0n) is 63.6. The first-order valence-electron chi connectivity index (χ1n) is 37.3. The summed E-state index contributed by atoms with van der Waals surface area (Å²) < 4.78 is 17.6. The number of aromatic hydroxyl groups is 1. The Kier molecular flexibility index (Phi) is 30.9. The molecule has 16 heteroatoms. The van der Waals surface area contributed by atoms with Gasteiger partial charge >= 0.3 is 0 Å². The fraction of sp³-hybridized carbons (Fsp3) is 0.378. The van der Waals surface area contributed by atoms with Crippen molar-refractivity contribution in [3.8, 4) is 23.0 Å². The number of nitrogens with one attached hydrogen (secondary N) is 1. The Bertz CT molecular complexity index is 3960. The van der Waals surface area contributed by atoms with E-state index in [1.165, 1.54) is 16.7 Å². The van der Waals surface area contributed by atoms with Gasteiger partial charge in [0.15, 0.2) is 0 Å². The normalized spacial score (nSPS) is 16.2. The number of phenolic OH excluding ortho intramolecular Hbond substituents is 1. The van der Waals surface area contributed by atoms with Gasteiger partial charge in [0.1, 0.15) is 42.8 Å². The van der Waals surface area contributed by atoms with Crippen molar-refractivity contribution in [1.29, 1.82) is 0 Å². The summed E-state index contributed by atoms with van der Waals surface area (Å²) in [6.07, 6.45) is 4.63. The highest BCUT2D eigenvalue weighted by Crippen LogP contribution is 2.41. The van der Waals surface area contributed by atoms with E-state index in [1.807, 2.05) is 172 Å². The smallest absolute Gasteiger partial charge is 0.232 e. The van der Waals surface area contributed by atoms with Crippen LogP contribution < -0.4 is 19.5 Å². The Balaban J connectivity index is 0.000000169. The van der Waals surface area contributed by atoms with Crippen molar-refractivity contribution >= 4 is 11.8 Å². The van der Waals surface area contributed by atoms with E-state index in [-0.39, 0.29) is 29.4 Å². The number of ether oxygens (including phenoxy) is 3. The summed E-state index contributed by atoms with van der Waals surface area (Å²) in [4.78, 5) is 37.1. The lowest BCUT2D eigenvalue weighted by molar-refractivity contribution is -0.140. The summed E-state index contributed by atoms with van der Waals surface area (Å²) >= 11 is 0. The van der Waals surface area contributed by atoms with Gasteiger partial charge in [0.05, 0.1) is 29.1 Å². The minimum absolute atomic E-state index is 0.0644. The van der Waals surface area contributed by atoms with Crippen LogP contribution in [0.25, 0.3) is 0 Å². The molecule has 3 aliphatic rings. The van der Waals surface area contributed by atoms with Gasteiger partial charge in [-0.2, -0.15) is 0 Å². The van der Waals surface area contributed by atoms with Crippen molar-refractivity contribution in [2.75, 3.05) is 109 Å². The number of carbonyl (C=O) groups excluding carboxylic acids is 2. The molecule has 3 heterocycles. The molecule has 106 heavy (non-hydrogen) atoms. The number of nitrogens with zero attached hydrogens (tertiary/aromatic N) is 6. The number of benzene rings is 9. The molecule has 3 atom stereocenters. The summed E-state index contributed by atoms with van der Waals surface area (Å²) in [7, 11) is 15.2. The van der Waals surface area contributed by atoms with E-state index in [1.54, 1.807) is 50.1 Å². The van der Waals surface area contributed by atoms with Crippen LogP contribution in [0.5, 0.6) is 23.0 Å². The molecule has 562 valence electrons. The lowest BCUT2D eigenvalue weighted by Crippen LogP contribution is -2.51. The maximum Gasteiger partial charge on any atom is 0.232 e. The number of piperidine rings is 3. The molecule has 0 radical (unpaired) electrons. The molecule has 9 aromatic rings. The molecule has 3 unspecified atom stereocenters. The molecular formula is C90H113N7O9. The van der Waals surface area contributed by atoms with Crippen LogP contribution in [0.4, 0.5) is 0 Å². The summed E-state index contributed by atoms with van der Waals surface area (Å²) in [6.45, 7) is 10.1. The van der Waals surface area contributed by atoms with Crippen LogP contribution in [-0.2, 0) is 48.9 Å². The van der Waals surface area contributed by atoms with Crippen LogP contribution in [0.15, 0.2) is 249 Å². The Morgan fingerprint density at radius 2 is 0.708 bits per heavy atom. The summed E-state index contributed by atoms with van der Waals surface area (Å²) in [5.41, 5.74) is 7.63. The van der Waals surface area contributed by atoms with Crippen LogP contribution in [0, 0.1) is 0 Å². The SMILES string of the molecule is CN(C)C(=O)C(c1ccc(OCc2ccccc2)cc1)C1(O)CCN(Cc2ccccc2)CC1.CN(C)C(=O)Cc1ccc(OCc2ccccc2)cc1.CN(C)CC(c1ccc(O)cc1)C1(O)CCNCC1.CN(C)CC(c1ccc(OCc2ccccc2)cc1)C1(O)CCN(Cc2ccccc2)CC1. The number of amides is 2. The lowest BCUT2D eigenvalue weighted by atomic mass is 9.75. The van der Waals surface area contributed by atoms with E-state index in [0.29, 0.717) is 39.1 Å². The highest BCUT2D eigenvalue weighted by atomic mass is 16.5. The van der Waals surface area contributed by atoms with Crippen molar-refractivity contribution in [3.05, 3.63) is 299 Å². The molecule has 12 rings (SSSR count). The van der Waals surface area contributed by atoms with Crippen molar-refractivity contribution in [2.24, 2.45) is 0 Å². The van der Waals surface area contributed by atoms with Gasteiger partial charge in [-0.05, 0) is 178 Å². The van der Waals surface area contributed by atoms with E-state index < -0.39 is 22.7 Å². The van der Waals surface area contributed by atoms with Gasteiger partial charge in [-0.1, -0.05) is 200 Å². The third-order valence-electron chi connectivity index (χ3n) is 20.3. The number of hydrogen-bond donors (Lipinski definition) is 5. The summed E-state index contributed by atoms with van der Waals surface area (Å²) in [6, 6.07) is 82.1. The van der Waals surface area contributed by atoms with Crippen LogP contribution in [0.1, 0.15) is 106 Å². The minimum Gasteiger partial charge on any atom is -0.508 e. The highest BCUT2D eigenvalue weighted by Gasteiger charge is 2.46. The zero-order chi connectivity index (χ0) is 75.3. The first-order valence-corrected chi connectivity index (χ1v) is 37.3. The minimum atomic E-state index is -1.08. The summed E-state index contributed by atoms with van der Waals surface area (Å²) in [5, 5.41) is 47.1. The molecule has 0 bridgehead atoms. The molecule has 16 nitrogen and oxygen atoms in total. The van der Waals surface area contributed by atoms with Gasteiger partial charge in [-0.15, -0.1) is 0 Å². The van der Waals surface area contributed by atoms with Crippen LogP contribution in [0.2, 0.25) is 0 Å². The maximum atomic E-state index is 13.2. The number of hydrogen-bond acceptors (Lipinski definition) is 14. The number of carbonyl (C=O) groups is 2. The van der Waals surface area contributed by atoms with Crippen LogP contribution in [0.3, 0.4) is 0 Å². The number of rotatable bonds is 26. The van der Waals surface area contributed by atoms with Gasteiger partial charge in [-0.25, -0.2) is 0 Å². The van der Waals surface area contributed by atoms with E-state index in [0.717, 1.165) is 142 Å². The van der Waals surface area contributed by atoms with Gasteiger partial charge in [0.25, 0.3) is 0 Å². The van der Waals surface area contributed by atoms with Gasteiger partial charge in [0.2, 0.25) is 11.8 Å². The predicted octanol–water partition coefficient (Wildman–Crippen LogP) is 13.5. The fourth-order valence-electron chi connectivity index (χ4n) is 14.1. The molecule has 9 aromatic carbocycles. The number of likely N-dealkylation sites (tertiary alicyclic amines) is 2. The van der Waals surface area contributed by atoms with Gasteiger partial charge in [0, 0.05) is 92.4 Å². The first-order chi connectivity index (χ1) is 51.1. The molecular weight excluding hydrogens is 1320 g/mol. The van der Waals surface area contributed by atoms with E-state index in [9.17, 15) is 30.0 Å². The van der Waals surface area contributed by atoms with Crippen molar-refractivity contribution < 1.29 is 44.2 Å². The molecule has 3 fully saturated rings. The molecule has 3 saturated heterocycles. The monoisotopic (exact) mass is 1440 g/mol. The standard InChI is InChI=1S/C29H34N2O3.C29H36N2O2.C17H19NO2.C15H24N2O2/c1-30(2)28(32)27(25-13-15-26(16-14-25)34-22-24-11-7-4-8-12-24)29(33)17-19-31(20-18-29)21-23-9-5-3-6-10-23;1-30(2)22-28(26-13-15-27(16-14-26)33-23-25-11-7-4-8-12-25)29(32)17-19-31(20-18-29)21-24-9-5-3-6-10-24;1-18(2)17(19)12-14-8-10-16(11-9-14)20-13-15-6-4-3-5-7-15;1-17(2)11-14(12-3-5-13(18)6-4-12)15(19)7-9-16-10-8-15/h3-16,27,33H,17-22H2,1-2H3;3-16,28,32H,17-23H2,1-2H3;3-11H,12-13H2,1-2H3;3-6,14,16,18-19H,7-11H2,1-2H3. The second-order valence-electron chi connectivity index (χ2n) is 29.5. The van der Waals surface area contributed by atoms with Crippen molar-refractivity contribution in [2.45, 2.75) is 112 Å². The van der Waals surface area contributed by atoms with E-state index >= 15 is 0 Å². The van der Waals surface area contributed by atoms with Crippen LogP contribution in [-0.4, -0.2) is 187 Å². The number of likely N-dealkylation sites (N-methyl/N-ethyl adjacent to an activating group) is 4. The molecule has 5 N–H and O–H groups in total. The van der Waals surface area contributed by atoms with Crippen LogP contribution >= 0.6 is 0 Å². The average Bonchev–Trinajstić information content (AvgIpc) is 0.806. The highest BCUT2D eigenvalue weighted by molar-refractivity contribution is 5.85. The molecule has 0 aliphatic carbocycles. The Hall–Kier alpha value is -9.20. The average molecular weight is 1440 g/mol. The molecule has 0 aromatic heterocycles. The van der Waals surface area contributed by atoms with E-state index in [4.69, 9.17) is 14.2 Å². The Labute approximate surface area is 630 Å². The zero-order valence-corrected chi connectivity index (χ0v) is 63.6. The maximum absolute atomic E-state index is 13.2. The third-order valence-corrected chi connectivity index (χ3v) is 20.3. The number of phenols is 1. The predicted molar refractivity (Wildman–Crippen MR) is 425 cm³/mol. The van der Waals surface area contributed by atoms with Gasteiger partial charge < -0.3 is 59.6 Å². The Morgan fingerprint density at radius 3 is 1.06 bits per heavy atom. The van der Waals surface area contributed by atoms with Crippen molar-refractivity contribution in [1.82, 2.24) is 34.7 Å². The molecule has 0 saturated carbocycles. The topological polar surface area (TPSA) is 174 Å². The molecule has 3 aliphatic heterocycles. The number of aliphatic hydroxyl groups is 3. The lowest BCUT2D eigenvalue weighted by Gasteiger charge is -2.44. The largest absolute Gasteiger partial charge is 0.508 e. The second kappa shape index (κ2) is 40.5. The first kappa shape index (κ1) is 80.9. The summed E-state index contributed by atoms with van der Waals surface area (Å²) in [5.74, 6) is 2.24. The third kappa shape index (κ3) is 25.2. The quantitative estimate of drug-likeness (QED) is 0.0346. The molecule has 0 spiro atoms. The fourth-order valence-corrected chi connectivity index (χ4v) is 14.1. The Morgan fingerprint density at radius 1 is 0.387 bits per heavy atom. The van der Waals surface area contributed by atoms with E-state index in [2.05, 4.69) is 118 Å². The van der Waals surface area contributed by atoms with Crippen molar-refractivity contribution in [3.63, 3.8) is 0 Å². The second-order valence-corrected chi connectivity index (χ2v) is 29.5. The van der Waals surface area contributed by atoms with Gasteiger partial charge in [-0.3, -0.25) is 19.4 Å². The molecule has 2 amide bonds.